The van der Waals surface area contributed by atoms with Gasteiger partial charge in [0.05, 0.1) is 10.4 Å². The van der Waals surface area contributed by atoms with Crippen molar-refractivity contribution in [1.82, 2.24) is 4.90 Å². The fourth-order valence-electron chi connectivity index (χ4n) is 2.03. The molecule has 5 heteroatoms. The number of nitrogens with two attached hydrogens (primary N) is 1. The van der Waals surface area contributed by atoms with E-state index in [0.717, 1.165) is 23.8 Å². The van der Waals surface area contributed by atoms with Crippen molar-refractivity contribution >= 4 is 22.9 Å². The summed E-state index contributed by atoms with van der Waals surface area (Å²) in [6.07, 6.45) is 0.774. The van der Waals surface area contributed by atoms with Gasteiger partial charge in [-0.05, 0) is 32.0 Å². The Morgan fingerprint density at radius 2 is 2.24 bits per heavy atom. The molecule has 0 saturated heterocycles. The maximum atomic E-state index is 8.93. The summed E-state index contributed by atoms with van der Waals surface area (Å²) in [7, 11) is 0. The molecule has 0 amide bonds. The summed E-state index contributed by atoms with van der Waals surface area (Å²) in [4.78, 5) is 3.49. The van der Waals surface area contributed by atoms with Crippen molar-refractivity contribution in [3.63, 3.8) is 0 Å². The SMILES string of the molecule is CCN(CCCO)C(c1ccc(Cl)s1)C(C)N. The van der Waals surface area contributed by atoms with Crippen LogP contribution in [0.5, 0.6) is 0 Å². The standard InChI is InChI=1S/C12H21ClN2OS/c1-3-15(7-4-8-16)12(9(2)14)10-5-6-11(13)17-10/h5-6,9,12,16H,3-4,7-8,14H2,1-2H3. The van der Waals surface area contributed by atoms with Gasteiger partial charge in [0.15, 0.2) is 0 Å². The van der Waals surface area contributed by atoms with Crippen molar-refractivity contribution in [3.8, 4) is 0 Å². The predicted octanol–water partition coefficient (Wildman–Crippen LogP) is 2.49. The van der Waals surface area contributed by atoms with E-state index in [1.165, 1.54) is 4.88 Å². The summed E-state index contributed by atoms with van der Waals surface area (Å²) in [5, 5.41) is 8.93. The normalized spacial score (nSPS) is 15.2. The monoisotopic (exact) mass is 276 g/mol. The van der Waals surface area contributed by atoms with Crippen molar-refractivity contribution < 1.29 is 5.11 Å². The van der Waals surface area contributed by atoms with Gasteiger partial charge in [0, 0.05) is 24.1 Å². The van der Waals surface area contributed by atoms with Crippen LogP contribution in [0.3, 0.4) is 0 Å². The smallest absolute Gasteiger partial charge is 0.0931 e. The fourth-order valence-corrected chi connectivity index (χ4v) is 3.34. The number of halogens is 1. The quantitative estimate of drug-likeness (QED) is 0.804. The van der Waals surface area contributed by atoms with E-state index in [0.29, 0.717) is 0 Å². The number of nitrogens with zero attached hydrogens (tertiary/aromatic N) is 1. The Kier molecular flexibility index (Phi) is 6.44. The zero-order valence-electron chi connectivity index (χ0n) is 10.4. The predicted molar refractivity (Wildman–Crippen MR) is 74.7 cm³/mol. The number of aliphatic hydroxyl groups excluding tert-OH is 1. The molecule has 0 aliphatic carbocycles. The molecule has 3 N–H and O–H groups in total. The van der Waals surface area contributed by atoms with Crippen LogP contribution in [0.2, 0.25) is 4.34 Å². The minimum Gasteiger partial charge on any atom is -0.396 e. The van der Waals surface area contributed by atoms with E-state index >= 15 is 0 Å². The summed E-state index contributed by atoms with van der Waals surface area (Å²) in [5.74, 6) is 0. The van der Waals surface area contributed by atoms with Crippen molar-refractivity contribution in [2.45, 2.75) is 32.4 Å². The first-order valence-electron chi connectivity index (χ1n) is 5.95. The van der Waals surface area contributed by atoms with Gasteiger partial charge in [-0.2, -0.15) is 0 Å². The molecule has 0 spiro atoms. The number of rotatable bonds is 7. The van der Waals surface area contributed by atoms with Gasteiger partial charge in [-0.25, -0.2) is 0 Å². The van der Waals surface area contributed by atoms with Crippen LogP contribution < -0.4 is 5.73 Å². The average Bonchev–Trinajstić information content (AvgIpc) is 2.69. The number of likely N-dealkylation sites (N-methyl/N-ethyl adjacent to an activating group) is 1. The second-order valence-corrected chi connectivity index (χ2v) is 5.90. The first kappa shape index (κ1) is 14.9. The van der Waals surface area contributed by atoms with Gasteiger partial charge in [0.25, 0.3) is 0 Å². The van der Waals surface area contributed by atoms with E-state index in [1.807, 2.05) is 19.1 Å². The molecule has 1 aromatic rings. The molecule has 0 aliphatic heterocycles. The molecule has 1 heterocycles. The molecular weight excluding hydrogens is 256 g/mol. The molecule has 0 bridgehead atoms. The molecule has 2 atom stereocenters. The van der Waals surface area contributed by atoms with E-state index in [-0.39, 0.29) is 18.7 Å². The highest BCUT2D eigenvalue weighted by molar-refractivity contribution is 7.16. The molecule has 0 radical (unpaired) electrons. The minimum atomic E-state index is 0.0448. The van der Waals surface area contributed by atoms with Gasteiger partial charge in [-0.1, -0.05) is 18.5 Å². The lowest BCUT2D eigenvalue weighted by Crippen LogP contribution is -2.39. The van der Waals surface area contributed by atoms with E-state index < -0.39 is 0 Å². The largest absolute Gasteiger partial charge is 0.396 e. The van der Waals surface area contributed by atoms with Crippen LogP contribution in [0.15, 0.2) is 12.1 Å². The summed E-state index contributed by atoms with van der Waals surface area (Å²) < 4.78 is 0.795. The Morgan fingerprint density at radius 1 is 1.53 bits per heavy atom. The number of aliphatic hydroxyl groups is 1. The zero-order chi connectivity index (χ0) is 12.8. The molecule has 0 saturated carbocycles. The maximum Gasteiger partial charge on any atom is 0.0931 e. The van der Waals surface area contributed by atoms with Gasteiger partial charge in [-0.15, -0.1) is 11.3 Å². The zero-order valence-corrected chi connectivity index (χ0v) is 12.0. The van der Waals surface area contributed by atoms with Crippen molar-refractivity contribution in [3.05, 3.63) is 21.3 Å². The van der Waals surface area contributed by atoms with Crippen LogP contribution in [0, 0.1) is 0 Å². The second kappa shape index (κ2) is 7.34. The molecule has 1 aromatic heterocycles. The van der Waals surface area contributed by atoms with Gasteiger partial charge in [0.2, 0.25) is 0 Å². The lowest BCUT2D eigenvalue weighted by Gasteiger charge is -2.32. The third kappa shape index (κ3) is 4.23. The highest BCUT2D eigenvalue weighted by atomic mass is 35.5. The van der Waals surface area contributed by atoms with Crippen molar-refractivity contribution in [1.29, 1.82) is 0 Å². The van der Waals surface area contributed by atoms with Crippen molar-refractivity contribution in [2.24, 2.45) is 5.73 Å². The van der Waals surface area contributed by atoms with E-state index in [1.54, 1.807) is 11.3 Å². The first-order valence-corrected chi connectivity index (χ1v) is 7.15. The summed E-state index contributed by atoms with van der Waals surface area (Å²) in [6.45, 7) is 6.12. The van der Waals surface area contributed by atoms with E-state index in [4.69, 9.17) is 22.4 Å². The van der Waals surface area contributed by atoms with Crippen molar-refractivity contribution in [2.75, 3.05) is 19.7 Å². The lowest BCUT2D eigenvalue weighted by atomic mass is 10.1. The Bertz CT molecular complexity index is 330. The maximum absolute atomic E-state index is 8.93. The fraction of sp³-hybridized carbons (Fsp3) is 0.667. The van der Waals surface area contributed by atoms with Crippen LogP contribution in [-0.2, 0) is 0 Å². The Morgan fingerprint density at radius 3 is 2.65 bits per heavy atom. The van der Waals surface area contributed by atoms with Crippen LogP contribution in [-0.4, -0.2) is 35.7 Å². The van der Waals surface area contributed by atoms with E-state index in [9.17, 15) is 0 Å². The Hall–Kier alpha value is -0.130. The molecule has 2 unspecified atom stereocenters. The Labute approximate surface area is 112 Å². The van der Waals surface area contributed by atoms with Crippen LogP contribution in [0.4, 0.5) is 0 Å². The van der Waals surface area contributed by atoms with Gasteiger partial charge < -0.3 is 10.8 Å². The van der Waals surface area contributed by atoms with Crippen LogP contribution in [0.1, 0.15) is 31.2 Å². The molecule has 1 rings (SSSR count). The summed E-state index contributed by atoms with van der Waals surface area (Å²) >= 11 is 7.56. The first-order chi connectivity index (χ1) is 8.10. The third-order valence-corrected chi connectivity index (χ3v) is 4.09. The lowest BCUT2D eigenvalue weighted by molar-refractivity contribution is 0.167. The van der Waals surface area contributed by atoms with Gasteiger partial charge in [0.1, 0.15) is 0 Å². The van der Waals surface area contributed by atoms with Gasteiger partial charge >= 0.3 is 0 Å². The summed E-state index contributed by atoms with van der Waals surface area (Å²) in [5.41, 5.74) is 6.09. The third-order valence-electron chi connectivity index (χ3n) is 2.79. The number of hydrogen-bond donors (Lipinski definition) is 2. The molecular formula is C12H21ClN2OS. The molecule has 0 aliphatic rings. The van der Waals surface area contributed by atoms with Crippen LogP contribution in [0.25, 0.3) is 0 Å². The van der Waals surface area contributed by atoms with Crippen LogP contribution >= 0.6 is 22.9 Å². The average molecular weight is 277 g/mol. The van der Waals surface area contributed by atoms with E-state index in [2.05, 4.69) is 11.8 Å². The number of hydrogen-bond acceptors (Lipinski definition) is 4. The molecule has 0 aromatic carbocycles. The second-order valence-electron chi connectivity index (χ2n) is 4.15. The minimum absolute atomic E-state index is 0.0448. The molecule has 98 valence electrons. The highest BCUT2D eigenvalue weighted by Gasteiger charge is 2.24. The summed E-state index contributed by atoms with van der Waals surface area (Å²) in [6, 6.07) is 4.19. The molecule has 3 nitrogen and oxygen atoms in total. The highest BCUT2D eigenvalue weighted by Crippen LogP contribution is 2.32. The molecule has 0 fully saturated rings. The number of thiophene rings is 1. The molecule has 17 heavy (non-hydrogen) atoms. The topological polar surface area (TPSA) is 49.5 Å². The van der Waals surface area contributed by atoms with Gasteiger partial charge in [-0.3, -0.25) is 4.90 Å². The Balaban J connectivity index is 2.83.